The number of nitrogens with zero attached hydrogens (tertiary/aromatic N) is 1. The van der Waals surface area contributed by atoms with Crippen molar-refractivity contribution in [2.45, 2.75) is 37.8 Å². The second-order valence-corrected chi connectivity index (χ2v) is 4.44. The van der Waals surface area contributed by atoms with Crippen molar-refractivity contribution in [3.8, 4) is 0 Å². The predicted molar refractivity (Wildman–Crippen MR) is 51.0 cm³/mol. The van der Waals surface area contributed by atoms with Gasteiger partial charge in [0, 0.05) is 6.42 Å². The predicted octanol–water partition coefficient (Wildman–Crippen LogP) is -0.742. The van der Waals surface area contributed by atoms with Gasteiger partial charge < -0.3 is 10.2 Å². The number of imide groups is 1. The number of piperidine rings is 1. The number of aliphatic hydroxyl groups excluding tert-OH is 1. The lowest BCUT2D eigenvalue weighted by molar-refractivity contribution is -0.787. The third kappa shape index (κ3) is 1.37. The van der Waals surface area contributed by atoms with Gasteiger partial charge >= 0.3 is 17.8 Å². The van der Waals surface area contributed by atoms with E-state index in [0.717, 1.165) is 0 Å². The van der Waals surface area contributed by atoms with E-state index in [1.54, 1.807) is 0 Å². The van der Waals surface area contributed by atoms with Crippen LogP contribution in [-0.2, 0) is 14.4 Å². The summed E-state index contributed by atoms with van der Waals surface area (Å²) in [6.07, 6.45) is 0.0318. The highest BCUT2D eigenvalue weighted by Gasteiger charge is 2.60. The van der Waals surface area contributed by atoms with Gasteiger partial charge in [-0.25, -0.2) is 14.4 Å². The number of quaternary nitrogens is 1. The fourth-order valence-corrected chi connectivity index (χ4v) is 2.74. The highest BCUT2D eigenvalue weighted by molar-refractivity contribution is 5.91. The molecule has 6 nitrogen and oxygen atoms in total. The Kier molecular flexibility index (Phi) is 2.55. The van der Waals surface area contributed by atoms with E-state index < -0.39 is 22.6 Å². The van der Waals surface area contributed by atoms with Gasteiger partial charge in [0.15, 0.2) is 0 Å². The Morgan fingerprint density at radius 3 is 2.31 bits per heavy atom. The van der Waals surface area contributed by atoms with E-state index in [9.17, 15) is 19.5 Å². The molecule has 0 aromatic carbocycles. The number of carbonyl (C=O) groups excluding carboxylic acids is 2. The molecular weight excluding hydrogens is 214 g/mol. The molecule has 88 valence electrons. The molecular formula is C10H14NO5+. The number of hydrogen-bond acceptors (Lipinski definition) is 4. The van der Waals surface area contributed by atoms with Gasteiger partial charge in [0.1, 0.15) is 12.6 Å². The van der Waals surface area contributed by atoms with Crippen LogP contribution in [0.4, 0.5) is 0 Å². The zero-order valence-corrected chi connectivity index (χ0v) is 8.76. The molecule has 16 heavy (non-hydrogen) atoms. The van der Waals surface area contributed by atoms with Crippen LogP contribution in [0.1, 0.15) is 25.7 Å². The zero-order chi connectivity index (χ0) is 11.9. The quantitative estimate of drug-likeness (QED) is 0.455. The average Bonchev–Trinajstić information content (AvgIpc) is 2.54. The molecule has 0 aromatic rings. The Morgan fingerprint density at radius 1 is 1.25 bits per heavy atom. The molecule has 2 heterocycles. The standard InChI is InChI=1S/C10H13NO5/c12-6-4-7(10(15)16)11(5-6)8(13)2-1-3-9(11)14/h6-7,12H,1-5H2/p+1/t6-,7+/m1/s1. The Hall–Kier alpha value is -1.27. The van der Waals surface area contributed by atoms with E-state index in [-0.39, 0.29) is 37.6 Å². The SMILES string of the molecule is O=C(O)[C@@H]1C[C@@H](O)C[N+]12C(=O)CCCC2=O. The summed E-state index contributed by atoms with van der Waals surface area (Å²) in [5, 5.41) is 18.6. The van der Waals surface area contributed by atoms with Crippen LogP contribution in [0.5, 0.6) is 0 Å². The summed E-state index contributed by atoms with van der Waals surface area (Å²) in [5.41, 5.74) is 0. The molecule has 0 radical (unpaired) electrons. The first-order valence-corrected chi connectivity index (χ1v) is 5.34. The van der Waals surface area contributed by atoms with Crippen LogP contribution in [0.25, 0.3) is 0 Å². The van der Waals surface area contributed by atoms with Crippen LogP contribution in [0.3, 0.4) is 0 Å². The normalized spacial score (nSPS) is 33.3. The summed E-state index contributed by atoms with van der Waals surface area (Å²) in [6.45, 7) is -0.0748. The number of aliphatic carboxylic acids is 1. The molecule has 6 heteroatoms. The third-order valence-electron chi connectivity index (χ3n) is 3.48. The van der Waals surface area contributed by atoms with Gasteiger partial charge in [0.25, 0.3) is 0 Å². The first-order valence-electron chi connectivity index (χ1n) is 5.34. The molecule has 1 spiro atoms. The number of carboxylic acid groups (broad SMARTS) is 1. The minimum absolute atomic E-state index is 0.0210. The highest BCUT2D eigenvalue weighted by Crippen LogP contribution is 2.34. The number of rotatable bonds is 1. The molecule has 2 atom stereocenters. The van der Waals surface area contributed by atoms with Gasteiger partial charge in [-0.2, -0.15) is 4.48 Å². The van der Waals surface area contributed by atoms with E-state index in [4.69, 9.17) is 5.11 Å². The van der Waals surface area contributed by atoms with Crippen LogP contribution >= 0.6 is 0 Å². The Morgan fingerprint density at radius 2 is 1.81 bits per heavy atom. The van der Waals surface area contributed by atoms with Crippen molar-refractivity contribution < 1.29 is 29.1 Å². The number of carbonyl (C=O) groups is 3. The summed E-state index contributed by atoms with van der Waals surface area (Å²) in [5.74, 6) is -1.90. The lowest BCUT2D eigenvalue weighted by Crippen LogP contribution is -2.64. The number of amides is 2. The molecule has 2 aliphatic heterocycles. The van der Waals surface area contributed by atoms with Crippen molar-refractivity contribution in [1.29, 1.82) is 0 Å². The van der Waals surface area contributed by atoms with E-state index >= 15 is 0 Å². The van der Waals surface area contributed by atoms with Gasteiger partial charge in [-0.05, 0) is 6.42 Å². The number of carboxylic acids is 1. The molecule has 2 saturated heterocycles. The summed E-state index contributed by atoms with van der Waals surface area (Å²) >= 11 is 0. The van der Waals surface area contributed by atoms with Gasteiger partial charge in [0.2, 0.25) is 6.04 Å². The second kappa shape index (κ2) is 3.64. The van der Waals surface area contributed by atoms with Gasteiger partial charge in [0.05, 0.1) is 12.8 Å². The first kappa shape index (κ1) is 11.2. The smallest absolute Gasteiger partial charge is 0.363 e. The second-order valence-electron chi connectivity index (χ2n) is 4.44. The molecule has 2 fully saturated rings. The van der Waals surface area contributed by atoms with Crippen LogP contribution in [0.2, 0.25) is 0 Å². The van der Waals surface area contributed by atoms with Crippen molar-refractivity contribution in [2.24, 2.45) is 0 Å². The van der Waals surface area contributed by atoms with Crippen LogP contribution in [0, 0.1) is 0 Å². The lowest BCUT2D eigenvalue weighted by atomic mass is 10.0. The molecule has 0 aliphatic carbocycles. The minimum atomic E-state index is -1.18. The third-order valence-corrected chi connectivity index (χ3v) is 3.48. The van der Waals surface area contributed by atoms with Crippen molar-refractivity contribution >= 4 is 17.8 Å². The minimum Gasteiger partial charge on any atom is -0.477 e. The Bertz CT molecular complexity index is 348. The van der Waals surface area contributed by atoms with Crippen molar-refractivity contribution in [3.63, 3.8) is 0 Å². The molecule has 0 saturated carbocycles. The fraction of sp³-hybridized carbons (Fsp3) is 0.700. The monoisotopic (exact) mass is 228 g/mol. The van der Waals surface area contributed by atoms with Crippen molar-refractivity contribution in [3.05, 3.63) is 0 Å². The molecule has 0 bridgehead atoms. The molecule has 2 amide bonds. The van der Waals surface area contributed by atoms with Gasteiger partial charge in [-0.1, -0.05) is 0 Å². The summed E-state index contributed by atoms with van der Waals surface area (Å²) in [7, 11) is 0. The number of aliphatic hydroxyl groups is 1. The molecule has 0 aromatic heterocycles. The highest BCUT2D eigenvalue weighted by atomic mass is 16.4. The fourth-order valence-electron chi connectivity index (χ4n) is 2.74. The van der Waals surface area contributed by atoms with E-state index in [1.165, 1.54) is 0 Å². The first-order chi connectivity index (χ1) is 7.48. The lowest BCUT2D eigenvalue weighted by Gasteiger charge is -2.35. The summed E-state index contributed by atoms with van der Waals surface area (Å²) < 4.78 is -0.670. The maximum absolute atomic E-state index is 11.9. The van der Waals surface area contributed by atoms with Crippen molar-refractivity contribution in [2.75, 3.05) is 6.54 Å². The van der Waals surface area contributed by atoms with E-state index in [2.05, 4.69) is 0 Å². The molecule has 2 aliphatic rings. The zero-order valence-electron chi connectivity index (χ0n) is 8.76. The van der Waals surface area contributed by atoms with Crippen LogP contribution < -0.4 is 0 Å². The molecule has 2 rings (SSSR count). The number of hydrogen-bond donors (Lipinski definition) is 2. The van der Waals surface area contributed by atoms with Crippen molar-refractivity contribution in [1.82, 2.24) is 0 Å². The Balaban J connectivity index is 2.43. The summed E-state index contributed by atoms with van der Waals surface area (Å²) in [6, 6.07) is -1.10. The Labute approximate surface area is 92.1 Å². The molecule has 0 unspecified atom stereocenters. The van der Waals surface area contributed by atoms with Gasteiger partial charge in [-0.3, -0.25) is 0 Å². The summed E-state index contributed by atoms with van der Waals surface area (Å²) in [4.78, 5) is 34.8. The maximum Gasteiger partial charge on any atom is 0.363 e. The molecule has 2 N–H and O–H groups in total. The average molecular weight is 228 g/mol. The van der Waals surface area contributed by atoms with Gasteiger partial charge in [-0.15, -0.1) is 0 Å². The largest absolute Gasteiger partial charge is 0.477 e. The topological polar surface area (TPSA) is 91.7 Å². The maximum atomic E-state index is 11.9. The van der Waals surface area contributed by atoms with Crippen LogP contribution in [-0.4, -0.2) is 51.2 Å². The van der Waals surface area contributed by atoms with Crippen LogP contribution in [0.15, 0.2) is 0 Å². The van der Waals surface area contributed by atoms with E-state index in [1.807, 2.05) is 0 Å². The van der Waals surface area contributed by atoms with E-state index in [0.29, 0.717) is 6.42 Å².